The van der Waals surface area contributed by atoms with E-state index in [1.807, 2.05) is 12.1 Å². The molecule has 106 valence electrons. The third kappa shape index (κ3) is 1.91. The number of nitrogens with one attached hydrogen (secondary N) is 1. The Labute approximate surface area is 119 Å². The molecule has 1 aromatic carbocycles. The number of anilines is 1. The number of primary amides is 1. The van der Waals surface area contributed by atoms with Gasteiger partial charge in [-0.1, -0.05) is 12.1 Å². The molecule has 4 aliphatic carbocycles. The van der Waals surface area contributed by atoms with Gasteiger partial charge in [0.2, 0.25) is 0 Å². The Morgan fingerprint density at radius 3 is 1.95 bits per heavy atom. The van der Waals surface area contributed by atoms with Crippen LogP contribution in [0.3, 0.4) is 0 Å². The molecule has 0 unspecified atom stereocenters. The van der Waals surface area contributed by atoms with Crippen molar-refractivity contribution >= 4 is 11.7 Å². The Bertz CT molecular complexity index is 499. The van der Waals surface area contributed by atoms with E-state index in [2.05, 4.69) is 17.4 Å². The van der Waals surface area contributed by atoms with E-state index in [4.69, 9.17) is 5.73 Å². The molecule has 4 saturated carbocycles. The fourth-order valence-electron chi connectivity index (χ4n) is 5.51. The first kappa shape index (κ1) is 12.2. The van der Waals surface area contributed by atoms with Gasteiger partial charge in [0.05, 0.1) is 0 Å². The molecular formula is C17H22N2O. The molecule has 20 heavy (non-hydrogen) atoms. The van der Waals surface area contributed by atoms with Crippen molar-refractivity contribution in [2.45, 2.75) is 43.9 Å². The fraction of sp³-hybridized carbons (Fsp3) is 0.588. The summed E-state index contributed by atoms with van der Waals surface area (Å²) in [5.74, 6) is 2.89. The second kappa shape index (κ2) is 4.24. The van der Waals surface area contributed by atoms with Gasteiger partial charge in [-0.25, -0.2) is 4.79 Å². The Hall–Kier alpha value is -1.51. The molecule has 0 radical (unpaired) electrons. The summed E-state index contributed by atoms with van der Waals surface area (Å²) in [6, 6.07) is 7.92. The summed E-state index contributed by atoms with van der Waals surface area (Å²) in [6.45, 7) is 0. The number of nitrogens with two attached hydrogens (primary N) is 1. The second-order valence-corrected chi connectivity index (χ2v) is 7.26. The lowest BCUT2D eigenvalue weighted by Gasteiger charge is -2.57. The van der Waals surface area contributed by atoms with E-state index in [-0.39, 0.29) is 0 Å². The van der Waals surface area contributed by atoms with Gasteiger partial charge in [-0.3, -0.25) is 0 Å². The van der Waals surface area contributed by atoms with Crippen molar-refractivity contribution in [2.24, 2.45) is 23.5 Å². The van der Waals surface area contributed by atoms with Crippen molar-refractivity contribution in [2.75, 3.05) is 5.32 Å². The van der Waals surface area contributed by atoms with Gasteiger partial charge < -0.3 is 11.1 Å². The lowest BCUT2D eigenvalue weighted by Crippen LogP contribution is -2.48. The maximum absolute atomic E-state index is 10.9. The highest BCUT2D eigenvalue weighted by Gasteiger charge is 2.51. The van der Waals surface area contributed by atoms with Gasteiger partial charge in [0.15, 0.2) is 0 Å². The van der Waals surface area contributed by atoms with E-state index >= 15 is 0 Å². The van der Waals surface area contributed by atoms with Gasteiger partial charge in [0, 0.05) is 5.69 Å². The third-order valence-corrected chi connectivity index (χ3v) is 5.80. The Morgan fingerprint density at radius 1 is 1.00 bits per heavy atom. The molecule has 4 bridgehead atoms. The highest BCUT2D eigenvalue weighted by atomic mass is 16.2. The number of amides is 2. The van der Waals surface area contributed by atoms with Crippen molar-refractivity contribution in [3.8, 4) is 0 Å². The minimum Gasteiger partial charge on any atom is -0.351 e. The summed E-state index contributed by atoms with van der Waals surface area (Å²) in [5.41, 5.74) is 7.86. The Kier molecular flexibility index (Phi) is 2.60. The van der Waals surface area contributed by atoms with Crippen LogP contribution in [0.25, 0.3) is 0 Å². The van der Waals surface area contributed by atoms with E-state index in [0.29, 0.717) is 5.41 Å². The molecule has 0 spiro atoms. The van der Waals surface area contributed by atoms with E-state index < -0.39 is 6.03 Å². The lowest BCUT2D eigenvalue weighted by atomic mass is 9.48. The number of urea groups is 1. The van der Waals surface area contributed by atoms with Crippen LogP contribution in [0, 0.1) is 17.8 Å². The van der Waals surface area contributed by atoms with E-state index in [0.717, 1.165) is 23.4 Å². The van der Waals surface area contributed by atoms with Crippen molar-refractivity contribution in [1.82, 2.24) is 0 Å². The molecule has 4 fully saturated rings. The lowest BCUT2D eigenvalue weighted by molar-refractivity contribution is -0.00518. The molecular weight excluding hydrogens is 248 g/mol. The minimum atomic E-state index is -0.493. The average molecular weight is 270 g/mol. The van der Waals surface area contributed by atoms with Crippen LogP contribution in [-0.4, -0.2) is 6.03 Å². The highest BCUT2D eigenvalue weighted by Crippen LogP contribution is 2.60. The summed E-state index contributed by atoms with van der Waals surface area (Å²) in [7, 11) is 0. The van der Waals surface area contributed by atoms with Gasteiger partial charge >= 0.3 is 6.03 Å². The monoisotopic (exact) mass is 270 g/mol. The number of carbonyl (C=O) groups excluding carboxylic acids is 1. The van der Waals surface area contributed by atoms with Gasteiger partial charge in [-0.05, 0) is 79.4 Å². The van der Waals surface area contributed by atoms with E-state index in [9.17, 15) is 4.79 Å². The van der Waals surface area contributed by atoms with Crippen molar-refractivity contribution in [3.63, 3.8) is 0 Å². The molecule has 0 aromatic heterocycles. The standard InChI is InChI=1S/C17H22N2O/c18-16(20)19-15-3-1-14(2-4-15)17-8-11-5-12(9-17)7-13(6-11)10-17/h1-4,11-13H,5-10H2,(H3,18,19,20). The maximum atomic E-state index is 10.9. The van der Waals surface area contributed by atoms with Gasteiger partial charge in [-0.2, -0.15) is 0 Å². The number of hydrogen-bond acceptors (Lipinski definition) is 1. The zero-order valence-electron chi connectivity index (χ0n) is 11.8. The van der Waals surface area contributed by atoms with Crippen LogP contribution in [0.5, 0.6) is 0 Å². The Balaban J connectivity index is 1.62. The Morgan fingerprint density at radius 2 is 1.50 bits per heavy atom. The molecule has 4 aliphatic rings. The van der Waals surface area contributed by atoms with Crippen LogP contribution < -0.4 is 11.1 Å². The quantitative estimate of drug-likeness (QED) is 0.847. The van der Waals surface area contributed by atoms with E-state index in [1.54, 1.807) is 0 Å². The minimum absolute atomic E-state index is 0.431. The molecule has 3 nitrogen and oxygen atoms in total. The first-order valence-electron chi connectivity index (χ1n) is 7.80. The number of carbonyl (C=O) groups is 1. The summed E-state index contributed by atoms with van der Waals surface area (Å²) < 4.78 is 0. The number of rotatable bonds is 2. The first-order chi connectivity index (χ1) is 9.63. The number of hydrogen-bond donors (Lipinski definition) is 2. The summed E-state index contributed by atoms with van der Waals surface area (Å²) in [5, 5.41) is 2.64. The highest BCUT2D eigenvalue weighted by molar-refractivity contribution is 5.87. The topological polar surface area (TPSA) is 55.1 Å². The zero-order valence-corrected chi connectivity index (χ0v) is 11.8. The van der Waals surface area contributed by atoms with Crippen molar-refractivity contribution in [3.05, 3.63) is 29.8 Å². The third-order valence-electron chi connectivity index (χ3n) is 5.80. The smallest absolute Gasteiger partial charge is 0.316 e. The SMILES string of the molecule is NC(=O)Nc1ccc(C23CC4CC(CC(C4)C2)C3)cc1. The number of benzene rings is 1. The molecule has 5 rings (SSSR count). The van der Waals surface area contributed by atoms with Crippen LogP contribution in [0.2, 0.25) is 0 Å². The molecule has 0 heterocycles. The van der Waals surface area contributed by atoms with Crippen LogP contribution in [0.15, 0.2) is 24.3 Å². The predicted octanol–water partition coefficient (Wildman–Crippen LogP) is 3.65. The maximum Gasteiger partial charge on any atom is 0.316 e. The van der Waals surface area contributed by atoms with Crippen LogP contribution in [-0.2, 0) is 5.41 Å². The molecule has 1 aromatic rings. The van der Waals surface area contributed by atoms with Crippen molar-refractivity contribution < 1.29 is 4.79 Å². The summed E-state index contributed by atoms with van der Waals surface area (Å²) in [4.78, 5) is 10.9. The van der Waals surface area contributed by atoms with Crippen LogP contribution >= 0.6 is 0 Å². The molecule has 3 heteroatoms. The van der Waals surface area contributed by atoms with Crippen LogP contribution in [0.4, 0.5) is 10.5 Å². The predicted molar refractivity (Wildman–Crippen MR) is 79.5 cm³/mol. The van der Waals surface area contributed by atoms with Crippen molar-refractivity contribution in [1.29, 1.82) is 0 Å². The van der Waals surface area contributed by atoms with Gasteiger partial charge in [0.1, 0.15) is 0 Å². The molecule has 0 atom stereocenters. The summed E-state index contributed by atoms with van der Waals surface area (Å²) in [6.07, 6.45) is 8.55. The summed E-state index contributed by atoms with van der Waals surface area (Å²) >= 11 is 0. The van der Waals surface area contributed by atoms with Gasteiger partial charge in [0.25, 0.3) is 0 Å². The fourth-order valence-corrected chi connectivity index (χ4v) is 5.51. The van der Waals surface area contributed by atoms with Crippen LogP contribution in [0.1, 0.15) is 44.1 Å². The normalized spacial score (nSPS) is 37.9. The molecule has 0 aliphatic heterocycles. The zero-order chi connectivity index (χ0) is 13.7. The van der Waals surface area contributed by atoms with E-state index in [1.165, 1.54) is 44.1 Å². The average Bonchev–Trinajstić information content (AvgIpc) is 2.37. The largest absolute Gasteiger partial charge is 0.351 e. The molecule has 3 N–H and O–H groups in total. The second-order valence-electron chi connectivity index (χ2n) is 7.26. The van der Waals surface area contributed by atoms with Gasteiger partial charge in [-0.15, -0.1) is 0 Å². The first-order valence-corrected chi connectivity index (χ1v) is 7.80. The molecule has 0 saturated heterocycles. The molecule has 2 amide bonds.